The van der Waals surface area contributed by atoms with Crippen molar-refractivity contribution in [3.05, 3.63) is 59.7 Å². The SMILES string of the molecule is NC(=O)CCC(NC(=O)C(CC(=O)O)NC(=O)C(Cc1ccc(O)cc1)NC(=O)C(N)Cc1ccc(O)cc1)C(=O)O. The van der Waals surface area contributed by atoms with Crippen LogP contribution < -0.4 is 27.4 Å². The molecule has 0 spiro atoms. The summed E-state index contributed by atoms with van der Waals surface area (Å²) in [5.41, 5.74) is 12.2. The number of carbonyl (C=O) groups is 6. The number of aliphatic carboxylic acids is 2. The first-order chi connectivity index (χ1) is 19.7. The smallest absolute Gasteiger partial charge is 0.326 e. The van der Waals surface area contributed by atoms with Crippen LogP contribution in [-0.4, -0.2) is 80.2 Å². The minimum Gasteiger partial charge on any atom is -0.508 e. The Morgan fingerprint density at radius 3 is 1.60 bits per heavy atom. The molecule has 42 heavy (non-hydrogen) atoms. The molecule has 4 amide bonds. The number of phenols is 2. The molecule has 2 rings (SSSR count). The van der Waals surface area contributed by atoms with Crippen LogP contribution in [0, 0.1) is 0 Å². The molecule has 4 atom stereocenters. The molecule has 4 unspecified atom stereocenters. The molecule has 15 nitrogen and oxygen atoms in total. The molecular weight excluding hydrogens is 554 g/mol. The van der Waals surface area contributed by atoms with Gasteiger partial charge in [-0.3, -0.25) is 24.0 Å². The van der Waals surface area contributed by atoms with Gasteiger partial charge in [-0.1, -0.05) is 24.3 Å². The van der Waals surface area contributed by atoms with Crippen LogP contribution in [0.15, 0.2) is 48.5 Å². The quantitative estimate of drug-likeness (QED) is 0.109. The molecule has 2 aromatic carbocycles. The molecule has 0 aliphatic carbocycles. The van der Waals surface area contributed by atoms with E-state index in [1.165, 1.54) is 36.4 Å². The zero-order valence-electron chi connectivity index (χ0n) is 22.4. The van der Waals surface area contributed by atoms with Crippen molar-refractivity contribution in [2.45, 2.75) is 56.3 Å². The molecule has 2 aromatic rings. The van der Waals surface area contributed by atoms with Gasteiger partial charge in [0.1, 0.15) is 29.6 Å². The number of hydrogen-bond donors (Lipinski definition) is 9. The van der Waals surface area contributed by atoms with Gasteiger partial charge in [0.05, 0.1) is 12.5 Å². The maximum absolute atomic E-state index is 13.3. The van der Waals surface area contributed by atoms with Gasteiger partial charge in [0.25, 0.3) is 0 Å². The topological polar surface area (TPSA) is 271 Å². The third-order valence-corrected chi connectivity index (χ3v) is 6.04. The number of aromatic hydroxyl groups is 2. The molecule has 0 fully saturated rings. The van der Waals surface area contributed by atoms with Crippen molar-refractivity contribution in [1.82, 2.24) is 16.0 Å². The van der Waals surface area contributed by atoms with Crippen LogP contribution in [0.2, 0.25) is 0 Å². The van der Waals surface area contributed by atoms with Gasteiger partial charge in [-0.2, -0.15) is 0 Å². The number of hydrogen-bond acceptors (Lipinski definition) is 9. The highest BCUT2D eigenvalue weighted by atomic mass is 16.4. The standard InChI is InChI=1S/C27H33N5O10/c28-18(11-14-1-5-16(33)6-2-14)24(38)31-20(12-15-3-7-17(34)8-4-15)25(39)32-21(13-23(36)37)26(40)30-19(27(41)42)9-10-22(29)35/h1-8,18-21,33-34H,9-13,28H2,(H2,29,35)(H,30,40)(H,31,38)(H,32,39)(H,36,37)(H,41,42). The highest BCUT2D eigenvalue weighted by Crippen LogP contribution is 2.13. The van der Waals surface area contributed by atoms with Crippen molar-refractivity contribution in [1.29, 1.82) is 0 Å². The van der Waals surface area contributed by atoms with Crippen molar-refractivity contribution >= 4 is 35.6 Å². The van der Waals surface area contributed by atoms with E-state index in [1.807, 2.05) is 0 Å². The molecule has 0 saturated carbocycles. The summed E-state index contributed by atoms with van der Waals surface area (Å²) >= 11 is 0. The van der Waals surface area contributed by atoms with E-state index in [2.05, 4.69) is 16.0 Å². The summed E-state index contributed by atoms with van der Waals surface area (Å²) in [6, 6.07) is 5.76. The van der Waals surface area contributed by atoms with E-state index in [0.29, 0.717) is 11.1 Å². The first kappa shape index (κ1) is 33.0. The highest BCUT2D eigenvalue weighted by molar-refractivity contribution is 5.95. The van der Waals surface area contributed by atoms with Crippen LogP contribution in [0.3, 0.4) is 0 Å². The van der Waals surface area contributed by atoms with Gasteiger partial charge in [-0.05, 0) is 48.2 Å². The molecule has 0 heterocycles. The second-order valence-corrected chi connectivity index (χ2v) is 9.47. The zero-order chi connectivity index (χ0) is 31.4. The molecule has 15 heteroatoms. The number of amides is 4. The predicted octanol–water partition coefficient (Wildman–Crippen LogP) is -1.51. The number of rotatable bonds is 16. The van der Waals surface area contributed by atoms with Crippen molar-refractivity contribution in [3.63, 3.8) is 0 Å². The Kier molecular flexibility index (Phi) is 12.2. The highest BCUT2D eigenvalue weighted by Gasteiger charge is 2.32. The van der Waals surface area contributed by atoms with Crippen molar-refractivity contribution < 1.29 is 49.2 Å². The van der Waals surface area contributed by atoms with Gasteiger partial charge in [0.15, 0.2) is 0 Å². The first-order valence-electron chi connectivity index (χ1n) is 12.7. The number of phenolic OH excluding ortho intramolecular Hbond substituents is 2. The summed E-state index contributed by atoms with van der Waals surface area (Å²) in [6.07, 6.45) is -1.78. The largest absolute Gasteiger partial charge is 0.508 e. The fourth-order valence-corrected chi connectivity index (χ4v) is 3.81. The Morgan fingerprint density at radius 2 is 1.12 bits per heavy atom. The van der Waals surface area contributed by atoms with Gasteiger partial charge < -0.3 is 47.8 Å². The van der Waals surface area contributed by atoms with E-state index >= 15 is 0 Å². The molecule has 0 aromatic heterocycles. The molecule has 11 N–H and O–H groups in total. The van der Waals surface area contributed by atoms with E-state index in [9.17, 15) is 49.2 Å². The third kappa shape index (κ3) is 11.1. The van der Waals surface area contributed by atoms with Crippen molar-refractivity contribution in [2.75, 3.05) is 0 Å². The lowest BCUT2D eigenvalue weighted by Crippen LogP contribution is -2.58. The molecule has 0 bridgehead atoms. The van der Waals surface area contributed by atoms with Crippen LogP contribution in [0.1, 0.15) is 30.4 Å². The Hall–Kier alpha value is -5.18. The Morgan fingerprint density at radius 1 is 0.667 bits per heavy atom. The Bertz CT molecular complexity index is 1280. The number of carboxylic acid groups (broad SMARTS) is 2. The lowest BCUT2D eigenvalue weighted by atomic mass is 10.0. The summed E-state index contributed by atoms with van der Waals surface area (Å²) < 4.78 is 0. The monoisotopic (exact) mass is 587 g/mol. The second-order valence-electron chi connectivity index (χ2n) is 9.47. The van der Waals surface area contributed by atoms with Crippen molar-refractivity contribution in [2.24, 2.45) is 11.5 Å². The maximum Gasteiger partial charge on any atom is 0.326 e. The Labute approximate surface area is 239 Å². The fraction of sp³-hybridized carbons (Fsp3) is 0.333. The van der Waals surface area contributed by atoms with Crippen LogP contribution >= 0.6 is 0 Å². The minimum atomic E-state index is -1.75. The number of primary amides is 1. The van der Waals surface area contributed by atoms with E-state index < -0.39 is 66.2 Å². The van der Waals surface area contributed by atoms with Gasteiger partial charge in [0, 0.05) is 12.8 Å². The molecule has 0 aliphatic heterocycles. The number of carbonyl (C=O) groups excluding carboxylic acids is 4. The average molecular weight is 588 g/mol. The zero-order valence-corrected chi connectivity index (χ0v) is 22.4. The predicted molar refractivity (Wildman–Crippen MR) is 146 cm³/mol. The summed E-state index contributed by atoms with van der Waals surface area (Å²) in [6.45, 7) is 0. The molecular formula is C27H33N5O10. The summed E-state index contributed by atoms with van der Waals surface area (Å²) in [5, 5.41) is 44.5. The summed E-state index contributed by atoms with van der Waals surface area (Å²) in [7, 11) is 0. The minimum absolute atomic E-state index is 0.0184. The van der Waals surface area contributed by atoms with E-state index in [4.69, 9.17) is 11.5 Å². The van der Waals surface area contributed by atoms with Crippen LogP contribution in [-0.2, 0) is 41.6 Å². The summed E-state index contributed by atoms with van der Waals surface area (Å²) in [5.74, 6) is -6.73. The number of carboxylic acids is 2. The first-order valence-corrected chi connectivity index (χ1v) is 12.7. The third-order valence-electron chi connectivity index (χ3n) is 6.04. The van der Waals surface area contributed by atoms with Gasteiger partial charge in [0.2, 0.25) is 23.6 Å². The summed E-state index contributed by atoms with van der Waals surface area (Å²) in [4.78, 5) is 73.1. The normalized spacial score (nSPS) is 13.5. The molecule has 226 valence electrons. The van der Waals surface area contributed by atoms with Crippen LogP contribution in [0.5, 0.6) is 11.5 Å². The van der Waals surface area contributed by atoms with Gasteiger partial charge >= 0.3 is 11.9 Å². The number of benzene rings is 2. The number of nitrogens with two attached hydrogens (primary N) is 2. The molecule has 0 saturated heterocycles. The van der Waals surface area contributed by atoms with Gasteiger partial charge in [-0.25, -0.2) is 4.79 Å². The lowest BCUT2D eigenvalue weighted by molar-refractivity contribution is -0.143. The van der Waals surface area contributed by atoms with Crippen LogP contribution in [0.25, 0.3) is 0 Å². The van der Waals surface area contributed by atoms with Crippen molar-refractivity contribution in [3.8, 4) is 11.5 Å². The van der Waals surface area contributed by atoms with E-state index in [0.717, 1.165) is 0 Å². The Balaban J connectivity index is 2.24. The molecule has 0 radical (unpaired) electrons. The lowest BCUT2D eigenvalue weighted by Gasteiger charge is -2.25. The van der Waals surface area contributed by atoms with Crippen LogP contribution in [0.4, 0.5) is 0 Å². The average Bonchev–Trinajstić information content (AvgIpc) is 2.91. The fourth-order valence-electron chi connectivity index (χ4n) is 3.81. The molecule has 0 aliphatic rings. The second kappa shape index (κ2) is 15.6. The number of nitrogens with one attached hydrogen (secondary N) is 3. The van der Waals surface area contributed by atoms with Gasteiger partial charge in [-0.15, -0.1) is 0 Å². The maximum atomic E-state index is 13.3. The van der Waals surface area contributed by atoms with E-state index in [1.54, 1.807) is 12.1 Å². The van der Waals surface area contributed by atoms with E-state index in [-0.39, 0.29) is 37.2 Å².